The summed E-state index contributed by atoms with van der Waals surface area (Å²) in [5.74, 6) is -1.11. The smallest absolute Gasteiger partial charge is 0.345 e. The Bertz CT molecular complexity index is 651. The van der Waals surface area contributed by atoms with Gasteiger partial charge in [-0.15, -0.1) is 11.3 Å². The van der Waals surface area contributed by atoms with Gasteiger partial charge in [0.05, 0.1) is 23.1 Å². The Labute approximate surface area is 120 Å². The Morgan fingerprint density at radius 1 is 1.50 bits per heavy atom. The lowest BCUT2D eigenvalue weighted by Gasteiger charge is -2.19. The van der Waals surface area contributed by atoms with E-state index in [-0.39, 0.29) is 28.0 Å². The van der Waals surface area contributed by atoms with Gasteiger partial charge in [0.15, 0.2) is 0 Å². The van der Waals surface area contributed by atoms with Gasteiger partial charge in [0.2, 0.25) is 10.0 Å². The molecule has 8 heteroatoms. The Kier molecular flexibility index (Phi) is 3.36. The molecular formula is C12H15NO5S2. The molecular weight excluding hydrogens is 302 g/mol. The molecule has 0 aliphatic carbocycles. The third-order valence-corrected chi connectivity index (χ3v) is 6.57. The first-order chi connectivity index (χ1) is 9.37. The number of hydrogen-bond acceptors (Lipinski definition) is 5. The average Bonchev–Trinajstić information content (AvgIpc) is 3.02. The highest BCUT2D eigenvalue weighted by molar-refractivity contribution is 7.89. The van der Waals surface area contributed by atoms with Gasteiger partial charge in [-0.3, -0.25) is 0 Å². The first-order valence-electron chi connectivity index (χ1n) is 6.38. The van der Waals surface area contributed by atoms with Crippen LogP contribution in [0.4, 0.5) is 0 Å². The molecule has 1 aromatic heterocycles. The molecule has 2 fully saturated rings. The number of aromatic carboxylic acids is 1. The number of carboxylic acids is 1. The van der Waals surface area contributed by atoms with Crippen LogP contribution in [0.15, 0.2) is 11.0 Å². The highest BCUT2D eigenvalue weighted by Gasteiger charge is 2.42. The average molecular weight is 317 g/mol. The Morgan fingerprint density at radius 2 is 2.25 bits per heavy atom. The second-order valence-electron chi connectivity index (χ2n) is 5.17. The van der Waals surface area contributed by atoms with Crippen molar-refractivity contribution in [2.45, 2.75) is 49.3 Å². The molecule has 3 rings (SSSR count). The van der Waals surface area contributed by atoms with Crippen molar-refractivity contribution in [3.63, 3.8) is 0 Å². The van der Waals surface area contributed by atoms with E-state index in [0.717, 1.165) is 24.2 Å². The molecule has 3 atom stereocenters. The lowest BCUT2D eigenvalue weighted by atomic mass is 9.96. The van der Waals surface area contributed by atoms with Crippen LogP contribution in [-0.2, 0) is 14.8 Å². The number of fused-ring (bicyclic) bond motifs is 2. The first kappa shape index (κ1) is 14.0. The molecule has 2 bridgehead atoms. The SMILES string of the molecule is Cc1sc(C(=O)O)cc1S(=O)(=O)NC1CC2CCC1O2. The summed E-state index contributed by atoms with van der Waals surface area (Å²) >= 11 is 0.973. The van der Waals surface area contributed by atoms with Gasteiger partial charge in [0.25, 0.3) is 0 Å². The fourth-order valence-corrected chi connectivity index (χ4v) is 5.57. The summed E-state index contributed by atoms with van der Waals surface area (Å²) in [4.78, 5) is 11.5. The summed E-state index contributed by atoms with van der Waals surface area (Å²) in [5, 5.41) is 8.93. The highest BCUT2D eigenvalue weighted by atomic mass is 32.2. The van der Waals surface area contributed by atoms with E-state index in [4.69, 9.17) is 9.84 Å². The molecule has 0 saturated carbocycles. The van der Waals surface area contributed by atoms with Crippen LogP contribution in [0.2, 0.25) is 0 Å². The number of hydrogen-bond donors (Lipinski definition) is 2. The van der Waals surface area contributed by atoms with E-state index in [1.165, 1.54) is 6.07 Å². The highest BCUT2D eigenvalue weighted by Crippen LogP contribution is 2.35. The number of thiophene rings is 1. The predicted molar refractivity (Wildman–Crippen MR) is 72.6 cm³/mol. The van der Waals surface area contributed by atoms with E-state index in [0.29, 0.717) is 11.3 Å². The fourth-order valence-electron chi connectivity index (χ4n) is 2.86. The summed E-state index contributed by atoms with van der Waals surface area (Å²) < 4.78 is 33.0. The monoisotopic (exact) mass is 317 g/mol. The summed E-state index contributed by atoms with van der Waals surface area (Å²) in [6.07, 6.45) is 2.67. The van der Waals surface area contributed by atoms with Crippen LogP contribution in [0, 0.1) is 6.92 Å². The van der Waals surface area contributed by atoms with Crippen LogP contribution in [0.1, 0.15) is 33.8 Å². The zero-order chi connectivity index (χ0) is 14.5. The van der Waals surface area contributed by atoms with Crippen molar-refractivity contribution < 1.29 is 23.1 Å². The van der Waals surface area contributed by atoms with Crippen molar-refractivity contribution in [2.24, 2.45) is 0 Å². The van der Waals surface area contributed by atoms with E-state index in [9.17, 15) is 13.2 Å². The zero-order valence-electron chi connectivity index (χ0n) is 10.8. The molecule has 0 spiro atoms. The predicted octanol–water partition coefficient (Wildman–Crippen LogP) is 1.35. The maximum atomic E-state index is 12.4. The van der Waals surface area contributed by atoms with Crippen LogP contribution in [0.25, 0.3) is 0 Å². The largest absolute Gasteiger partial charge is 0.477 e. The van der Waals surface area contributed by atoms with E-state index in [1.807, 2.05) is 0 Å². The molecule has 3 heterocycles. The Hall–Kier alpha value is -0.960. The normalized spacial score (nSPS) is 28.9. The maximum absolute atomic E-state index is 12.4. The summed E-state index contributed by atoms with van der Waals surface area (Å²) in [6.45, 7) is 1.61. The molecule has 0 aromatic carbocycles. The summed E-state index contributed by atoms with van der Waals surface area (Å²) in [5.41, 5.74) is 0. The van der Waals surface area contributed by atoms with Crippen LogP contribution < -0.4 is 4.72 Å². The molecule has 2 saturated heterocycles. The second kappa shape index (κ2) is 4.80. The van der Waals surface area contributed by atoms with Crippen LogP contribution in [0.3, 0.4) is 0 Å². The van der Waals surface area contributed by atoms with Crippen LogP contribution >= 0.6 is 11.3 Å². The number of rotatable bonds is 4. The molecule has 0 amide bonds. The van der Waals surface area contributed by atoms with Crippen molar-refractivity contribution in [3.05, 3.63) is 15.8 Å². The summed E-state index contributed by atoms with van der Waals surface area (Å²) in [6, 6.07) is 1.02. The van der Waals surface area contributed by atoms with Gasteiger partial charge in [-0.05, 0) is 32.3 Å². The maximum Gasteiger partial charge on any atom is 0.345 e. The van der Waals surface area contributed by atoms with E-state index in [2.05, 4.69) is 4.72 Å². The van der Waals surface area contributed by atoms with Crippen molar-refractivity contribution in [1.82, 2.24) is 4.72 Å². The topological polar surface area (TPSA) is 92.7 Å². The van der Waals surface area contributed by atoms with Gasteiger partial charge in [-0.25, -0.2) is 17.9 Å². The minimum atomic E-state index is -3.69. The molecule has 2 N–H and O–H groups in total. The minimum Gasteiger partial charge on any atom is -0.477 e. The first-order valence-corrected chi connectivity index (χ1v) is 8.68. The lowest BCUT2D eigenvalue weighted by molar-refractivity contribution is 0.0702. The van der Waals surface area contributed by atoms with Gasteiger partial charge in [-0.2, -0.15) is 0 Å². The van der Waals surface area contributed by atoms with Gasteiger partial charge in [0, 0.05) is 4.88 Å². The molecule has 3 unspecified atom stereocenters. The van der Waals surface area contributed by atoms with E-state index in [1.54, 1.807) is 6.92 Å². The number of carboxylic acid groups (broad SMARTS) is 1. The molecule has 0 radical (unpaired) electrons. The molecule has 1 aromatic rings. The van der Waals surface area contributed by atoms with Gasteiger partial charge in [-0.1, -0.05) is 0 Å². The van der Waals surface area contributed by atoms with Gasteiger partial charge < -0.3 is 9.84 Å². The molecule has 110 valence electrons. The standard InChI is InChI=1S/C12H15NO5S2/c1-6-11(5-10(19-6)12(14)15)20(16,17)13-8-4-7-2-3-9(8)18-7/h5,7-9,13H,2-4H2,1H3,(H,14,15). The summed E-state index contributed by atoms with van der Waals surface area (Å²) in [7, 11) is -3.69. The second-order valence-corrected chi connectivity index (χ2v) is 8.11. The van der Waals surface area contributed by atoms with E-state index < -0.39 is 16.0 Å². The molecule has 2 aliphatic rings. The third kappa shape index (κ3) is 2.37. The quantitative estimate of drug-likeness (QED) is 0.874. The van der Waals surface area contributed by atoms with Crippen molar-refractivity contribution in [1.29, 1.82) is 0 Å². The molecule has 20 heavy (non-hydrogen) atoms. The number of aryl methyl sites for hydroxylation is 1. The van der Waals surface area contributed by atoms with Gasteiger partial charge >= 0.3 is 5.97 Å². The minimum absolute atomic E-state index is 0.0343. The Morgan fingerprint density at radius 3 is 2.75 bits per heavy atom. The van der Waals surface area contributed by atoms with Crippen molar-refractivity contribution in [3.8, 4) is 0 Å². The number of ether oxygens (including phenoxy) is 1. The van der Waals surface area contributed by atoms with Crippen LogP contribution in [0.5, 0.6) is 0 Å². The third-order valence-electron chi connectivity index (χ3n) is 3.79. The number of nitrogens with one attached hydrogen (secondary N) is 1. The fraction of sp³-hybridized carbons (Fsp3) is 0.583. The number of sulfonamides is 1. The van der Waals surface area contributed by atoms with Crippen molar-refractivity contribution in [2.75, 3.05) is 0 Å². The Balaban J connectivity index is 1.83. The van der Waals surface area contributed by atoms with Crippen molar-refractivity contribution >= 4 is 27.3 Å². The number of carbonyl (C=O) groups is 1. The molecule has 2 aliphatic heterocycles. The van der Waals surface area contributed by atoms with Gasteiger partial charge in [0.1, 0.15) is 4.88 Å². The van der Waals surface area contributed by atoms with E-state index >= 15 is 0 Å². The lowest BCUT2D eigenvalue weighted by Crippen LogP contribution is -2.41. The van der Waals surface area contributed by atoms with Crippen LogP contribution in [-0.4, -0.2) is 37.7 Å². The molecule has 6 nitrogen and oxygen atoms in total. The zero-order valence-corrected chi connectivity index (χ0v) is 12.5.